The van der Waals surface area contributed by atoms with Crippen molar-refractivity contribution in [2.75, 3.05) is 47.3 Å². The van der Waals surface area contributed by atoms with Gasteiger partial charge in [-0.2, -0.15) is 0 Å². The molecule has 3 aromatic rings. The molecule has 0 heterocycles. The Morgan fingerprint density at radius 2 is 1.10 bits per heavy atom. The zero-order valence-electron chi connectivity index (χ0n) is 35.5. The molecule has 60 heavy (non-hydrogen) atoms. The zero-order valence-corrected chi connectivity index (χ0v) is 35.5. The highest BCUT2D eigenvalue weighted by molar-refractivity contribution is 5.89. The summed E-state index contributed by atoms with van der Waals surface area (Å²) in [6.07, 6.45) is 4.32. The van der Waals surface area contributed by atoms with Crippen molar-refractivity contribution in [2.24, 2.45) is 5.41 Å². The summed E-state index contributed by atoms with van der Waals surface area (Å²) in [6.45, 7) is 11.0. The molecule has 13 nitrogen and oxygen atoms in total. The van der Waals surface area contributed by atoms with E-state index in [1.807, 2.05) is 12.1 Å². The molecule has 324 valence electrons. The fourth-order valence-corrected chi connectivity index (χ4v) is 5.90. The van der Waals surface area contributed by atoms with Crippen molar-refractivity contribution < 1.29 is 61.9 Å². The first-order valence-corrected chi connectivity index (χ1v) is 20.1. The van der Waals surface area contributed by atoms with E-state index in [9.17, 15) is 28.8 Å². The highest BCUT2D eigenvalue weighted by Gasteiger charge is 2.38. The van der Waals surface area contributed by atoms with Crippen LogP contribution in [0.25, 0.3) is 21.9 Å². The van der Waals surface area contributed by atoms with Crippen LogP contribution in [0.15, 0.2) is 78.9 Å². The van der Waals surface area contributed by atoms with Gasteiger partial charge in [-0.1, -0.05) is 69.3 Å². The number of ether oxygens (including phenoxy) is 7. The van der Waals surface area contributed by atoms with Crippen LogP contribution >= 0.6 is 0 Å². The molecule has 0 saturated heterocycles. The van der Waals surface area contributed by atoms with Gasteiger partial charge in [0.15, 0.2) is 0 Å². The Morgan fingerprint density at radius 1 is 0.567 bits per heavy atom. The summed E-state index contributed by atoms with van der Waals surface area (Å²) in [4.78, 5) is 73.8. The first-order valence-electron chi connectivity index (χ1n) is 20.1. The Morgan fingerprint density at radius 3 is 1.70 bits per heavy atom. The lowest BCUT2D eigenvalue weighted by Crippen LogP contribution is -2.44. The van der Waals surface area contributed by atoms with E-state index in [2.05, 4.69) is 66.0 Å². The normalized spacial score (nSPS) is 10.9. The number of fused-ring (bicyclic) bond motifs is 1. The summed E-state index contributed by atoms with van der Waals surface area (Å²) in [7, 11) is 2.39. The minimum atomic E-state index is -1.48. The van der Waals surface area contributed by atoms with Crippen molar-refractivity contribution in [1.29, 1.82) is 0 Å². The molecule has 0 atom stereocenters. The predicted octanol–water partition coefficient (Wildman–Crippen LogP) is 7.77. The van der Waals surface area contributed by atoms with E-state index in [0.29, 0.717) is 18.6 Å². The molecule has 0 N–H and O–H groups in total. The van der Waals surface area contributed by atoms with Crippen molar-refractivity contribution in [3.63, 3.8) is 0 Å². The van der Waals surface area contributed by atoms with Gasteiger partial charge in [-0.25, -0.2) is 9.59 Å². The van der Waals surface area contributed by atoms with E-state index in [1.54, 1.807) is 13.0 Å². The SMILES string of the molecule is C=C(C)C(=O)OCCCc1cc(-c2ccc3cc(CCCCC)ccc3c2)ccc1OCC(COC(=O)CCC(=O)OC)(COC(=O)CCC(=O)OC)COC(=O)C(=C)C. The van der Waals surface area contributed by atoms with Gasteiger partial charge in [-0.3, -0.25) is 19.2 Å². The van der Waals surface area contributed by atoms with E-state index in [4.69, 9.17) is 23.7 Å². The summed E-state index contributed by atoms with van der Waals surface area (Å²) in [5.74, 6) is -3.56. The molecule has 3 rings (SSSR count). The van der Waals surface area contributed by atoms with Crippen molar-refractivity contribution in [2.45, 2.75) is 85.0 Å². The van der Waals surface area contributed by atoms with Crippen LogP contribution in [0.4, 0.5) is 0 Å². The number of hydrogen-bond donors (Lipinski definition) is 0. The highest BCUT2D eigenvalue weighted by Crippen LogP contribution is 2.32. The number of unbranched alkanes of at least 4 members (excludes halogenated alkanes) is 2. The van der Waals surface area contributed by atoms with Gasteiger partial charge in [0.05, 0.1) is 46.5 Å². The number of methoxy groups -OCH3 is 2. The van der Waals surface area contributed by atoms with E-state index >= 15 is 0 Å². The number of carbonyl (C=O) groups is 6. The third kappa shape index (κ3) is 16.3. The number of hydrogen-bond acceptors (Lipinski definition) is 13. The second kappa shape index (κ2) is 24.8. The van der Waals surface area contributed by atoms with Crippen LogP contribution in [-0.2, 0) is 70.0 Å². The monoisotopic (exact) mass is 830 g/mol. The molecule has 0 spiro atoms. The van der Waals surface area contributed by atoms with Gasteiger partial charge in [0, 0.05) is 11.1 Å². The van der Waals surface area contributed by atoms with Crippen LogP contribution in [0.5, 0.6) is 5.75 Å². The number of rotatable bonds is 26. The van der Waals surface area contributed by atoms with Gasteiger partial charge in [-0.05, 0) is 90.8 Å². The molecule has 0 aliphatic rings. The fraction of sp³-hybridized carbons (Fsp3) is 0.447. The molecule has 0 amide bonds. The molecule has 0 aliphatic carbocycles. The van der Waals surface area contributed by atoms with Crippen molar-refractivity contribution in [3.05, 3.63) is 90.0 Å². The average molecular weight is 831 g/mol. The Hall–Kier alpha value is -5.98. The van der Waals surface area contributed by atoms with Gasteiger partial charge < -0.3 is 33.2 Å². The summed E-state index contributed by atoms with van der Waals surface area (Å²) in [6, 6.07) is 18.5. The largest absolute Gasteiger partial charge is 0.492 e. The van der Waals surface area contributed by atoms with Crippen LogP contribution < -0.4 is 4.74 Å². The van der Waals surface area contributed by atoms with Crippen LogP contribution in [-0.4, -0.2) is 83.1 Å². The third-order valence-electron chi connectivity index (χ3n) is 9.53. The van der Waals surface area contributed by atoms with Gasteiger partial charge in [-0.15, -0.1) is 0 Å². The summed E-state index contributed by atoms with van der Waals surface area (Å²) >= 11 is 0. The zero-order chi connectivity index (χ0) is 44.1. The minimum absolute atomic E-state index is 0.0984. The molecular weight excluding hydrogens is 773 g/mol. The van der Waals surface area contributed by atoms with E-state index in [0.717, 1.165) is 40.3 Å². The quantitative estimate of drug-likeness (QED) is 0.0334. The van der Waals surface area contributed by atoms with Crippen LogP contribution in [0.3, 0.4) is 0 Å². The first-order chi connectivity index (χ1) is 28.7. The smallest absolute Gasteiger partial charge is 0.333 e. The van der Waals surface area contributed by atoms with E-state index in [1.165, 1.54) is 39.5 Å². The molecule has 0 fully saturated rings. The van der Waals surface area contributed by atoms with Crippen LogP contribution in [0.2, 0.25) is 0 Å². The van der Waals surface area contributed by atoms with Gasteiger partial charge >= 0.3 is 35.8 Å². The maximum atomic E-state index is 12.8. The number of aryl methyl sites for hydroxylation is 2. The minimum Gasteiger partial charge on any atom is -0.492 e. The van der Waals surface area contributed by atoms with Gasteiger partial charge in [0.1, 0.15) is 37.6 Å². The fourth-order valence-electron chi connectivity index (χ4n) is 5.90. The summed E-state index contributed by atoms with van der Waals surface area (Å²) in [5.41, 5.74) is 2.84. The second-order valence-corrected chi connectivity index (χ2v) is 14.8. The van der Waals surface area contributed by atoms with Crippen molar-refractivity contribution in [3.8, 4) is 16.9 Å². The molecule has 0 unspecified atom stereocenters. The molecular formula is C47H58O13. The molecule has 0 bridgehead atoms. The predicted molar refractivity (Wildman–Crippen MR) is 225 cm³/mol. The molecule has 13 heteroatoms. The third-order valence-corrected chi connectivity index (χ3v) is 9.53. The first kappa shape index (κ1) is 48.4. The topological polar surface area (TPSA) is 167 Å². The Balaban J connectivity index is 1.99. The highest BCUT2D eigenvalue weighted by atomic mass is 16.6. The molecule has 3 aromatic carbocycles. The molecule has 0 saturated carbocycles. The molecule has 0 aromatic heterocycles. The lowest BCUT2D eigenvalue weighted by atomic mass is 9.91. The summed E-state index contributed by atoms with van der Waals surface area (Å²) in [5, 5.41) is 2.24. The Bertz CT molecular complexity index is 1960. The average Bonchev–Trinajstić information content (AvgIpc) is 3.25. The maximum Gasteiger partial charge on any atom is 0.333 e. The van der Waals surface area contributed by atoms with Crippen LogP contribution in [0.1, 0.15) is 83.3 Å². The van der Waals surface area contributed by atoms with Gasteiger partial charge in [0.25, 0.3) is 0 Å². The molecule has 0 aliphatic heterocycles. The standard InChI is InChI=1S/C47H58O13/c1-8-9-10-12-34-14-15-36-26-37(17-16-35(36)25-34)38-18-19-40(39(27-38)13-11-24-56-45(52)32(2)3)57-28-47(31-60-46(53)33(4)5,29-58-43(50)22-20-41(48)54-6)30-59-44(51)23-21-42(49)55-7/h14-19,25-27H,2,4,8-13,20-24,28-31H2,1,3,5-7H3. The Kier molecular flexibility index (Phi) is 20.0. The van der Waals surface area contributed by atoms with Crippen molar-refractivity contribution in [1.82, 2.24) is 0 Å². The lowest BCUT2D eigenvalue weighted by molar-refractivity contribution is -0.165. The second-order valence-electron chi connectivity index (χ2n) is 14.8. The van der Waals surface area contributed by atoms with E-state index < -0.39 is 61.1 Å². The lowest BCUT2D eigenvalue weighted by Gasteiger charge is -2.32. The number of esters is 6. The van der Waals surface area contributed by atoms with Crippen LogP contribution in [0, 0.1) is 5.41 Å². The van der Waals surface area contributed by atoms with Crippen molar-refractivity contribution >= 4 is 46.6 Å². The number of benzene rings is 3. The maximum absolute atomic E-state index is 12.8. The Labute approximate surface area is 352 Å². The molecule has 0 radical (unpaired) electrons. The van der Waals surface area contributed by atoms with Gasteiger partial charge in [0.2, 0.25) is 0 Å². The van der Waals surface area contributed by atoms with E-state index in [-0.39, 0.29) is 50.0 Å². The summed E-state index contributed by atoms with van der Waals surface area (Å²) < 4.78 is 37.7. The number of carbonyl (C=O) groups excluding carboxylic acids is 6.